The van der Waals surface area contributed by atoms with Crippen molar-refractivity contribution >= 4 is 29.3 Å². The van der Waals surface area contributed by atoms with Crippen molar-refractivity contribution in [1.82, 2.24) is 0 Å². The zero-order chi connectivity index (χ0) is 17.7. The number of benzene rings is 1. The predicted octanol–water partition coefficient (Wildman–Crippen LogP) is 3.98. The molecule has 7 nitrogen and oxygen atoms in total. The van der Waals surface area contributed by atoms with Gasteiger partial charge in [0.15, 0.2) is 0 Å². The minimum atomic E-state index is -0.750. The summed E-state index contributed by atoms with van der Waals surface area (Å²) in [5, 5.41) is 19.9. The maximum Gasteiger partial charge on any atom is 0.349 e. The van der Waals surface area contributed by atoms with Gasteiger partial charge in [-0.3, -0.25) is 10.1 Å². The summed E-state index contributed by atoms with van der Waals surface area (Å²) < 4.78 is 10.3. The summed E-state index contributed by atoms with van der Waals surface area (Å²) in [5.74, 6) is -0.172. The lowest BCUT2D eigenvalue weighted by atomic mass is 10.1. The van der Waals surface area contributed by atoms with E-state index in [1.807, 2.05) is 0 Å². The second kappa shape index (κ2) is 7.44. The summed E-state index contributed by atoms with van der Waals surface area (Å²) in [6.45, 7) is 1.78. The first-order valence-corrected chi connectivity index (χ1v) is 7.17. The first-order chi connectivity index (χ1) is 11.5. The molecule has 0 aliphatic carbocycles. The van der Waals surface area contributed by atoms with Gasteiger partial charge in [0, 0.05) is 17.7 Å². The Bertz CT molecular complexity index is 864. The van der Waals surface area contributed by atoms with Crippen LogP contribution in [0.4, 0.5) is 5.69 Å². The minimum Gasteiger partial charge on any atom is -0.462 e. The van der Waals surface area contributed by atoms with Crippen molar-refractivity contribution in [3.8, 4) is 17.4 Å². The van der Waals surface area contributed by atoms with Crippen molar-refractivity contribution in [1.29, 1.82) is 5.26 Å². The van der Waals surface area contributed by atoms with E-state index in [0.29, 0.717) is 11.3 Å². The summed E-state index contributed by atoms with van der Waals surface area (Å²) in [6, 6.07) is 9.08. The van der Waals surface area contributed by atoms with Crippen LogP contribution in [0.15, 0.2) is 40.3 Å². The molecule has 0 N–H and O–H groups in total. The van der Waals surface area contributed by atoms with E-state index >= 15 is 0 Å². The molecule has 0 radical (unpaired) electrons. The molecule has 0 fully saturated rings. The molecule has 2 rings (SSSR count). The van der Waals surface area contributed by atoms with Crippen LogP contribution in [0, 0.1) is 21.4 Å². The zero-order valence-electron chi connectivity index (χ0n) is 12.5. The third-order valence-electron chi connectivity index (χ3n) is 2.96. The number of ether oxygens (including phenoxy) is 1. The molecule has 1 aromatic heterocycles. The van der Waals surface area contributed by atoms with Crippen LogP contribution in [0.3, 0.4) is 0 Å². The fourth-order valence-corrected chi connectivity index (χ4v) is 2.07. The van der Waals surface area contributed by atoms with Crippen LogP contribution in [0.1, 0.15) is 12.7 Å². The van der Waals surface area contributed by atoms with Crippen LogP contribution >= 0.6 is 11.6 Å². The van der Waals surface area contributed by atoms with Crippen molar-refractivity contribution in [2.75, 3.05) is 6.61 Å². The van der Waals surface area contributed by atoms with Crippen LogP contribution in [-0.2, 0) is 9.53 Å². The Morgan fingerprint density at radius 1 is 1.46 bits per heavy atom. The Balaban J connectivity index is 2.34. The number of nitriles is 1. The maximum atomic E-state index is 11.6. The third-order valence-corrected chi connectivity index (χ3v) is 3.28. The van der Waals surface area contributed by atoms with Gasteiger partial charge in [0.2, 0.25) is 0 Å². The van der Waals surface area contributed by atoms with Gasteiger partial charge in [-0.1, -0.05) is 11.6 Å². The summed E-state index contributed by atoms with van der Waals surface area (Å²) in [7, 11) is 0. The highest BCUT2D eigenvalue weighted by Gasteiger charge is 2.16. The Hall–Kier alpha value is -3.11. The number of carbonyl (C=O) groups is 1. The van der Waals surface area contributed by atoms with Gasteiger partial charge in [-0.05, 0) is 31.2 Å². The summed E-state index contributed by atoms with van der Waals surface area (Å²) >= 11 is 5.77. The Kier molecular flexibility index (Phi) is 5.35. The van der Waals surface area contributed by atoms with E-state index in [2.05, 4.69) is 0 Å². The second-order valence-corrected chi connectivity index (χ2v) is 4.92. The van der Waals surface area contributed by atoms with E-state index in [4.69, 9.17) is 26.0 Å². The molecular formula is C16H11ClN2O5. The van der Waals surface area contributed by atoms with Crippen molar-refractivity contribution in [3.05, 3.63) is 56.8 Å². The average molecular weight is 347 g/mol. The highest BCUT2D eigenvalue weighted by Crippen LogP contribution is 2.31. The van der Waals surface area contributed by atoms with Crippen molar-refractivity contribution in [2.24, 2.45) is 0 Å². The number of nitrogens with zero attached hydrogens (tertiary/aromatic N) is 2. The third kappa shape index (κ3) is 3.80. The molecule has 24 heavy (non-hydrogen) atoms. The van der Waals surface area contributed by atoms with Crippen LogP contribution in [-0.4, -0.2) is 17.5 Å². The molecule has 0 aliphatic rings. The Morgan fingerprint density at radius 3 is 2.83 bits per heavy atom. The first-order valence-electron chi connectivity index (χ1n) is 6.79. The van der Waals surface area contributed by atoms with Crippen molar-refractivity contribution in [3.63, 3.8) is 0 Å². The molecule has 0 saturated heterocycles. The van der Waals surface area contributed by atoms with Gasteiger partial charge >= 0.3 is 5.97 Å². The number of nitro groups is 1. The minimum absolute atomic E-state index is 0.0181. The summed E-state index contributed by atoms with van der Waals surface area (Å²) in [5.41, 5.74) is -0.00729. The Labute approximate surface area is 141 Å². The van der Waals surface area contributed by atoms with Gasteiger partial charge in [0.1, 0.15) is 28.2 Å². The van der Waals surface area contributed by atoms with Gasteiger partial charge in [-0.25, -0.2) is 4.79 Å². The highest BCUT2D eigenvalue weighted by atomic mass is 35.5. The van der Waals surface area contributed by atoms with Crippen molar-refractivity contribution in [2.45, 2.75) is 6.92 Å². The van der Waals surface area contributed by atoms with E-state index < -0.39 is 10.9 Å². The lowest BCUT2D eigenvalue weighted by molar-refractivity contribution is -0.384. The molecule has 0 unspecified atom stereocenters. The fourth-order valence-electron chi connectivity index (χ4n) is 1.88. The van der Waals surface area contributed by atoms with E-state index in [1.54, 1.807) is 25.1 Å². The molecule has 1 heterocycles. The van der Waals surface area contributed by atoms with Crippen LogP contribution in [0.5, 0.6) is 0 Å². The number of carbonyl (C=O) groups excluding carboxylic acids is 1. The SMILES string of the molecule is CCOC(=O)/C(C#N)=C/c1ccc(-c2ccc(Cl)c([N+](=O)[O-])c2)o1. The largest absolute Gasteiger partial charge is 0.462 e. The molecule has 0 aliphatic heterocycles. The monoisotopic (exact) mass is 346 g/mol. The first kappa shape index (κ1) is 17.2. The van der Waals surface area contributed by atoms with Gasteiger partial charge in [-0.15, -0.1) is 0 Å². The van der Waals surface area contributed by atoms with Gasteiger partial charge < -0.3 is 9.15 Å². The number of halogens is 1. The highest BCUT2D eigenvalue weighted by molar-refractivity contribution is 6.32. The Morgan fingerprint density at radius 2 is 2.21 bits per heavy atom. The standard InChI is InChI=1S/C16H11ClN2O5/c1-2-23-16(20)11(9-18)7-12-4-6-15(24-12)10-3-5-13(17)14(8-10)19(21)22/h3-8H,2H2,1H3/b11-7+. The average Bonchev–Trinajstić information content (AvgIpc) is 3.01. The number of nitro benzene ring substituents is 1. The van der Waals surface area contributed by atoms with E-state index in [9.17, 15) is 14.9 Å². The van der Waals surface area contributed by atoms with Gasteiger partial charge in [0.25, 0.3) is 5.69 Å². The van der Waals surface area contributed by atoms with Crippen LogP contribution < -0.4 is 0 Å². The number of esters is 1. The molecule has 122 valence electrons. The molecule has 0 saturated carbocycles. The zero-order valence-corrected chi connectivity index (χ0v) is 13.2. The van der Waals surface area contributed by atoms with Crippen LogP contribution in [0.25, 0.3) is 17.4 Å². The molecular weight excluding hydrogens is 336 g/mol. The summed E-state index contributed by atoms with van der Waals surface area (Å²) in [4.78, 5) is 21.9. The van der Waals surface area contributed by atoms with Gasteiger partial charge in [0.05, 0.1) is 11.5 Å². The molecule has 8 heteroatoms. The molecule has 0 bridgehead atoms. The molecule has 0 spiro atoms. The second-order valence-electron chi connectivity index (χ2n) is 4.52. The number of hydrogen-bond donors (Lipinski definition) is 0. The molecule has 0 atom stereocenters. The van der Waals surface area contributed by atoms with Crippen molar-refractivity contribution < 1.29 is 18.9 Å². The maximum absolute atomic E-state index is 11.6. The molecule has 0 amide bonds. The normalized spacial score (nSPS) is 11.0. The molecule has 2 aromatic rings. The summed E-state index contributed by atoms with van der Waals surface area (Å²) in [6.07, 6.45) is 1.24. The topological polar surface area (TPSA) is 106 Å². The lowest BCUT2D eigenvalue weighted by Gasteiger charge is -2.00. The number of rotatable bonds is 5. The van der Waals surface area contributed by atoms with E-state index in [1.165, 1.54) is 24.3 Å². The van der Waals surface area contributed by atoms with Gasteiger partial charge in [-0.2, -0.15) is 5.26 Å². The van der Waals surface area contributed by atoms with Crippen LogP contribution in [0.2, 0.25) is 5.02 Å². The smallest absolute Gasteiger partial charge is 0.349 e. The predicted molar refractivity (Wildman–Crippen MR) is 86.0 cm³/mol. The van der Waals surface area contributed by atoms with E-state index in [0.717, 1.165) is 0 Å². The lowest BCUT2D eigenvalue weighted by Crippen LogP contribution is -2.05. The molecule has 1 aromatic carbocycles. The quantitative estimate of drug-likeness (QED) is 0.266. The van der Waals surface area contributed by atoms with E-state index in [-0.39, 0.29) is 28.7 Å². The number of furan rings is 1. The number of hydrogen-bond acceptors (Lipinski definition) is 6. The fraction of sp³-hybridized carbons (Fsp3) is 0.125.